The number of hydrogen-bond donors (Lipinski definition) is 0. The van der Waals surface area contributed by atoms with Crippen molar-refractivity contribution in [3.05, 3.63) is 45.9 Å². The molecular weight excluding hydrogens is 386 g/mol. The highest BCUT2D eigenvalue weighted by Crippen LogP contribution is 2.31. The molecule has 0 spiro atoms. The van der Waals surface area contributed by atoms with Crippen LogP contribution in [-0.4, -0.2) is 46.3 Å². The number of carbonyl (C=O) groups is 2. The molecule has 0 atom stereocenters. The fourth-order valence-electron chi connectivity index (χ4n) is 3.19. The molecule has 1 aliphatic rings. The lowest BCUT2D eigenvalue weighted by Gasteiger charge is -2.14. The number of nitrogens with zero attached hydrogens (tertiary/aromatic N) is 3. The Hall–Kier alpha value is -2.38. The van der Waals surface area contributed by atoms with Gasteiger partial charge in [0.15, 0.2) is 0 Å². The number of benzene rings is 1. The van der Waals surface area contributed by atoms with E-state index in [9.17, 15) is 9.59 Å². The first-order chi connectivity index (χ1) is 13.0. The van der Waals surface area contributed by atoms with E-state index in [0.29, 0.717) is 22.9 Å². The van der Waals surface area contributed by atoms with E-state index < -0.39 is 0 Å². The number of carbonyl (C=O) groups excluding carboxylic acids is 2. The first-order valence-corrected chi connectivity index (χ1v) is 9.92. The fraction of sp³-hybridized carbons (Fsp3) is 0.316. The number of aryl methyl sites for hydroxylation is 1. The quantitative estimate of drug-likeness (QED) is 0.607. The van der Waals surface area contributed by atoms with Crippen LogP contribution in [-0.2, 0) is 9.53 Å². The minimum atomic E-state index is -0.375. The van der Waals surface area contributed by atoms with Gasteiger partial charge in [-0.3, -0.25) is 4.79 Å². The van der Waals surface area contributed by atoms with Gasteiger partial charge in [0.25, 0.3) is 0 Å². The van der Waals surface area contributed by atoms with Crippen LogP contribution in [0.5, 0.6) is 0 Å². The van der Waals surface area contributed by atoms with E-state index in [-0.39, 0.29) is 18.5 Å². The van der Waals surface area contributed by atoms with E-state index in [1.165, 1.54) is 11.3 Å². The number of thiophene rings is 1. The van der Waals surface area contributed by atoms with Crippen LogP contribution < -0.4 is 0 Å². The SMILES string of the molecule is Cc1nn(-c2cccc(Cl)c2)c2sc(C(=O)OCCN3CCCC3=O)cc12. The van der Waals surface area contributed by atoms with Gasteiger partial charge in [-0.1, -0.05) is 17.7 Å². The Bertz CT molecular complexity index is 1030. The molecule has 3 heterocycles. The molecule has 3 aromatic rings. The number of halogens is 1. The zero-order valence-corrected chi connectivity index (χ0v) is 16.3. The van der Waals surface area contributed by atoms with Crippen molar-refractivity contribution in [3.8, 4) is 5.69 Å². The van der Waals surface area contributed by atoms with Gasteiger partial charge in [-0.2, -0.15) is 5.10 Å². The lowest BCUT2D eigenvalue weighted by molar-refractivity contribution is -0.128. The molecule has 4 rings (SSSR count). The van der Waals surface area contributed by atoms with E-state index in [1.807, 2.05) is 31.2 Å². The maximum Gasteiger partial charge on any atom is 0.348 e. The topological polar surface area (TPSA) is 64.4 Å². The summed E-state index contributed by atoms with van der Waals surface area (Å²) in [5.41, 5.74) is 1.68. The lowest BCUT2D eigenvalue weighted by Crippen LogP contribution is -2.29. The molecule has 1 fully saturated rings. The summed E-state index contributed by atoms with van der Waals surface area (Å²) in [5.74, 6) is -0.245. The minimum absolute atomic E-state index is 0.130. The molecule has 0 saturated carbocycles. The Balaban J connectivity index is 1.52. The van der Waals surface area contributed by atoms with Crippen LogP contribution in [0.4, 0.5) is 0 Å². The highest BCUT2D eigenvalue weighted by molar-refractivity contribution is 7.20. The van der Waals surface area contributed by atoms with E-state index in [4.69, 9.17) is 16.3 Å². The average molecular weight is 404 g/mol. The van der Waals surface area contributed by atoms with Gasteiger partial charge in [-0.15, -0.1) is 11.3 Å². The average Bonchev–Trinajstić information content (AvgIpc) is 3.32. The van der Waals surface area contributed by atoms with Crippen LogP contribution in [0.15, 0.2) is 30.3 Å². The molecule has 8 heteroatoms. The minimum Gasteiger partial charge on any atom is -0.460 e. The van der Waals surface area contributed by atoms with Crippen LogP contribution in [0.25, 0.3) is 15.9 Å². The number of hydrogen-bond acceptors (Lipinski definition) is 5. The van der Waals surface area contributed by atoms with Crippen LogP contribution in [0, 0.1) is 6.92 Å². The second kappa shape index (κ2) is 7.32. The second-order valence-corrected chi connectivity index (χ2v) is 7.89. The predicted octanol–water partition coefficient (Wildman–Crippen LogP) is 3.83. The van der Waals surface area contributed by atoms with Gasteiger partial charge in [0, 0.05) is 23.4 Å². The summed E-state index contributed by atoms with van der Waals surface area (Å²) >= 11 is 7.43. The molecule has 1 aliphatic heterocycles. The van der Waals surface area contributed by atoms with Crippen LogP contribution in [0.1, 0.15) is 28.2 Å². The summed E-state index contributed by atoms with van der Waals surface area (Å²) in [7, 11) is 0. The van der Waals surface area contributed by atoms with Crippen LogP contribution in [0.3, 0.4) is 0 Å². The van der Waals surface area contributed by atoms with Gasteiger partial charge in [0.05, 0.1) is 17.9 Å². The molecule has 0 N–H and O–H groups in total. The molecule has 2 aromatic heterocycles. The Morgan fingerprint density at radius 1 is 1.37 bits per heavy atom. The standard InChI is InChI=1S/C19H18ClN3O3S/c1-12-15-11-16(19(25)26-9-8-22-7-3-6-17(22)24)27-18(15)23(21-12)14-5-2-4-13(20)10-14/h2,4-5,10-11H,3,6-9H2,1H3. The number of aromatic nitrogens is 2. The number of esters is 1. The summed E-state index contributed by atoms with van der Waals surface area (Å²) in [4.78, 5) is 27.1. The maximum atomic E-state index is 12.4. The van der Waals surface area contributed by atoms with Crippen molar-refractivity contribution in [2.75, 3.05) is 19.7 Å². The third-order valence-electron chi connectivity index (χ3n) is 4.56. The molecule has 6 nitrogen and oxygen atoms in total. The molecule has 1 aromatic carbocycles. The Kier molecular flexibility index (Phi) is 4.88. The smallest absolute Gasteiger partial charge is 0.348 e. The molecule has 1 saturated heterocycles. The number of fused-ring (bicyclic) bond motifs is 1. The lowest BCUT2D eigenvalue weighted by atomic mass is 10.3. The Morgan fingerprint density at radius 3 is 2.96 bits per heavy atom. The van der Waals surface area contributed by atoms with E-state index >= 15 is 0 Å². The van der Waals surface area contributed by atoms with Gasteiger partial charge in [-0.05, 0) is 37.6 Å². The zero-order valence-electron chi connectivity index (χ0n) is 14.8. The van der Waals surface area contributed by atoms with Crippen LogP contribution >= 0.6 is 22.9 Å². The van der Waals surface area contributed by atoms with Crippen molar-refractivity contribution in [3.63, 3.8) is 0 Å². The van der Waals surface area contributed by atoms with Crippen molar-refractivity contribution in [2.45, 2.75) is 19.8 Å². The van der Waals surface area contributed by atoms with E-state index in [0.717, 1.165) is 34.6 Å². The summed E-state index contributed by atoms with van der Waals surface area (Å²) < 4.78 is 7.16. The van der Waals surface area contributed by atoms with Crippen molar-refractivity contribution in [2.24, 2.45) is 0 Å². The number of ether oxygens (including phenoxy) is 1. The molecular formula is C19H18ClN3O3S. The monoisotopic (exact) mass is 403 g/mol. The third-order valence-corrected chi connectivity index (χ3v) is 5.89. The molecule has 0 radical (unpaired) electrons. The molecule has 0 aliphatic carbocycles. The third kappa shape index (κ3) is 3.57. The van der Waals surface area contributed by atoms with Gasteiger partial charge >= 0.3 is 5.97 Å². The molecule has 27 heavy (non-hydrogen) atoms. The largest absolute Gasteiger partial charge is 0.460 e. The Morgan fingerprint density at radius 2 is 2.22 bits per heavy atom. The van der Waals surface area contributed by atoms with Gasteiger partial charge in [0.2, 0.25) is 5.91 Å². The molecule has 0 bridgehead atoms. The second-order valence-electron chi connectivity index (χ2n) is 6.43. The fourth-order valence-corrected chi connectivity index (χ4v) is 4.45. The first-order valence-electron chi connectivity index (χ1n) is 8.73. The molecule has 140 valence electrons. The van der Waals surface area contributed by atoms with Gasteiger partial charge in [-0.25, -0.2) is 9.48 Å². The number of rotatable bonds is 5. The predicted molar refractivity (Wildman–Crippen MR) is 105 cm³/mol. The molecule has 0 unspecified atom stereocenters. The summed E-state index contributed by atoms with van der Waals surface area (Å²) in [5, 5.41) is 6.10. The highest BCUT2D eigenvalue weighted by Gasteiger charge is 2.21. The van der Waals surface area contributed by atoms with Gasteiger partial charge < -0.3 is 9.64 Å². The van der Waals surface area contributed by atoms with Crippen molar-refractivity contribution in [1.82, 2.24) is 14.7 Å². The maximum absolute atomic E-state index is 12.4. The normalized spacial score (nSPS) is 14.3. The van der Waals surface area contributed by atoms with E-state index in [1.54, 1.807) is 15.6 Å². The molecule has 1 amide bonds. The highest BCUT2D eigenvalue weighted by atomic mass is 35.5. The van der Waals surface area contributed by atoms with Gasteiger partial charge in [0.1, 0.15) is 16.3 Å². The van der Waals surface area contributed by atoms with Crippen molar-refractivity contribution < 1.29 is 14.3 Å². The van der Waals surface area contributed by atoms with Crippen molar-refractivity contribution in [1.29, 1.82) is 0 Å². The Labute approximate surface area is 165 Å². The first kappa shape index (κ1) is 18.0. The van der Waals surface area contributed by atoms with Crippen LogP contribution in [0.2, 0.25) is 5.02 Å². The van der Waals surface area contributed by atoms with E-state index in [2.05, 4.69) is 5.10 Å². The summed E-state index contributed by atoms with van der Waals surface area (Å²) in [6.45, 7) is 3.31. The van der Waals surface area contributed by atoms with Crippen molar-refractivity contribution >= 4 is 45.0 Å². The summed E-state index contributed by atoms with van der Waals surface area (Å²) in [6.07, 6.45) is 1.46. The number of likely N-dealkylation sites (tertiary alicyclic amines) is 1. The summed E-state index contributed by atoms with van der Waals surface area (Å²) in [6, 6.07) is 9.23. The zero-order chi connectivity index (χ0) is 19.0. The number of amides is 1.